The highest BCUT2D eigenvalue weighted by Crippen LogP contribution is 2.32. The van der Waals surface area contributed by atoms with Crippen molar-refractivity contribution in [1.82, 2.24) is 0 Å². The van der Waals surface area contributed by atoms with Gasteiger partial charge in [-0.15, -0.1) is 3.89 Å². The molecule has 0 saturated carbocycles. The summed E-state index contributed by atoms with van der Waals surface area (Å²) in [6.45, 7) is 3.37. The molecule has 6 nitrogen and oxygen atoms in total. The molecular formula is C11H14FNO5S. The molecule has 8 heteroatoms. The minimum absolute atomic E-state index is 0.0676. The number of halogens is 1. The van der Waals surface area contributed by atoms with E-state index in [1.54, 1.807) is 13.8 Å². The maximum absolute atomic E-state index is 12.0. The Morgan fingerprint density at radius 2 is 2.11 bits per heavy atom. The average molecular weight is 291 g/mol. The van der Waals surface area contributed by atoms with Crippen LogP contribution in [0.4, 0.5) is 9.57 Å². The van der Waals surface area contributed by atoms with Crippen molar-refractivity contribution in [2.75, 3.05) is 13.7 Å². The molecule has 0 aliphatic carbocycles. The van der Waals surface area contributed by atoms with E-state index in [1.165, 1.54) is 25.3 Å². The van der Waals surface area contributed by atoms with Gasteiger partial charge in [-0.05, 0) is 19.9 Å². The molecule has 1 aromatic carbocycles. The molecule has 1 rings (SSSR count). The molecule has 0 saturated heterocycles. The molecule has 0 fully saturated rings. The van der Waals surface area contributed by atoms with Crippen LogP contribution in [-0.4, -0.2) is 24.2 Å². The summed E-state index contributed by atoms with van der Waals surface area (Å²) in [6, 6.07) is 3.98. The molecule has 0 aromatic heterocycles. The number of non-ortho nitro benzene ring substituents is 1. The monoisotopic (exact) mass is 291 g/mol. The van der Waals surface area contributed by atoms with Crippen LogP contribution < -0.4 is 9.47 Å². The molecule has 0 N–H and O–H groups in total. The first-order valence-electron chi connectivity index (χ1n) is 5.31. The summed E-state index contributed by atoms with van der Waals surface area (Å²) in [5.74, 6) is 0.562. The molecule has 0 amide bonds. The molecule has 0 radical (unpaired) electrons. The molecule has 0 aliphatic rings. The van der Waals surface area contributed by atoms with Gasteiger partial charge in [0.05, 0.1) is 18.1 Å². The van der Waals surface area contributed by atoms with Gasteiger partial charge in [-0.25, -0.2) is 0 Å². The van der Waals surface area contributed by atoms with E-state index >= 15 is 0 Å². The highest BCUT2D eigenvalue weighted by atomic mass is 32.2. The summed E-state index contributed by atoms with van der Waals surface area (Å²) in [5, 5.41) is 10.6. The third kappa shape index (κ3) is 4.56. The standard InChI is InChI=1S/C11H14FNO5S/c1-11(2,18-19-12)7-17-9-5-4-8(13(14)15)6-10(9)16-3/h4-6H,7H2,1-3H3. The van der Waals surface area contributed by atoms with Crippen molar-refractivity contribution >= 4 is 18.1 Å². The zero-order valence-electron chi connectivity index (χ0n) is 10.7. The van der Waals surface area contributed by atoms with E-state index in [9.17, 15) is 14.0 Å². The largest absolute Gasteiger partial charge is 0.493 e. The van der Waals surface area contributed by atoms with E-state index in [0.717, 1.165) is 0 Å². The van der Waals surface area contributed by atoms with E-state index in [4.69, 9.17) is 13.7 Å². The molecular weight excluding hydrogens is 277 g/mol. The van der Waals surface area contributed by atoms with Crippen molar-refractivity contribution in [2.24, 2.45) is 0 Å². The number of hydrogen-bond donors (Lipinski definition) is 0. The van der Waals surface area contributed by atoms with E-state index < -0.39 is 10.5 Å². The van der Waals surface area contributed by atoms with Gasteiger partial charge in [0.1, 0.15) is 12.2 Å². The number of nitro benzene ring substituents is 1. The summed E-state index contributed by atoms with van der Waals surface area (Å²) in [4.78, 5) is 10.1. The summed E-state index contributed by atoms with van der Waals surface area (Å²) in [6.07, 6.45) is 0. The van der Waals surface area contributed by atoms with Crippen LogP contribution in [0.25, 0.3) is 0 Å². The molecule has 0 bridgehead atoms. The van der Waals surface area contributed by atoms with Gasteiger partial charge < -0.3 is 9.47 Å². The minimum Gasteiger partial charge on any atom is -0.493 e. The van der Waals surface area contributed by atoms with Gasteiger partial charge in [-0.1, -0.05) is 0 Å². The van der Waals surface area contributed by atoms with Crippen LogP contribution in [-0.2, 0) is 4.18 Å². The molecule has 0 spiro atoms. The second-order valence-corrected chi connectivity index (χ2v) is 4.58. The third-order valence-corrected chi connectivity index (χ3v) is 2.70. The first-order chi connectivity index (χ1) is 8.89. The normalized spacial score (nSPS) is 11.2. The minimum atomic E-state index is -0.841. The van der Waals surface area contributed by atoms with Crippen molar-refractivity contribution in [3.8, 4) is 11.5 Å². The maximum atomic E-state index is 12.0. The van der Waals surface area contributed by atoms with Gasteiger partial charge >= 0.3 is 0 Å². The molecule has 1 aromatic rings. The van der Waals surface area contributed by atoms with Crippen molar-refractivity contribution < 1.29 is 22.5 Å². The van der Waals surface area contributed by atoms with Crippen molar-refractivity contribution in [3.05, 3.63) is 28.3 Å². The fraction of sp³-hybridized carbons (Fsp3) is 0.455. The van der Waals surface area contributed by atoms with Crippen LogP contribution in [0, 0.1) is 10.1 Å². The van der Waals surface area contributed by atoms with E-state index in [-0.39, 0.29) is 30.5 Å². The number of hydrogen-bond acceptors (Lipinski definition) is 6. The number of methoxy groups -OCH3 is 1. The van der Waals surface area contributed by atoms with Gasteiger partial charge in [-0.2, -0.15) is 0 Å². The Morgan fingerprint density at radius 3 is 2.63 bits per heavy atom. The summed E-state index contributed by atoms with van der Waals surface area (Å²) >= 11 is -0.241. The van der Waals surface area contributed by atoms with Crippen LogP contribution in [0.15, 0.2) is 18.2 Å². The number of nitro groups is 1. The van der Waals surface area contributed by atoms with Crippen molar-refractivity contribution in [3.63, 3.8) is 0 Å². The Kier molecular flexibility index (Phi) is 5.37. The van der Waals surface area contributed by atoms with Crippen LogP contribution in [0.2, 0.25) is 0 Å². The summed E-state index contributed by atoms with van der Waals surface area (Å²) in [7, 11) is 1.38. The first kappa shape index (κ1) is 15.5. The number of benzene rings is 1. The number of rotatable bonds is 7. The Labute approximate surface area is 114 Å². The van der Waals surface area contributed by atoms with Gasteiger partial charge in [-0.3, -0.25) is 14.3 Å². The highest BCUT2D eigenvalue weighted by molar-refractivity contribution is 7.89. The quantitative estimate of drug-likeness (QED) is 0.436. The van der Waals surface area contributed by atoms with Crippen LogP contribution in [0.3, 0.4) is 0 Å². The molecule has 0 unspecified atom stereocenters. The average Bonchev–Trinajstić information content (AvgIpc) is 2.36. The van der Waals surface area contributed by atoms with Crippen LogP contribution in [0.1, 0.15) is 13.8 Å². The Hall–Kier alpha value is -1.54. The lowest BCUT2D eigenvalue weighted by Crippen LogP contribution is -2.29. The second kappa shape index (κ2) is 6.58. The van der Waals surface area contributed by atoms with Crippen molar-refractivity contribution in [1.29, 1.82) is 0 Å². The topological polar surface area (TPSA) is 70.8 Å². The summed E-state index contributed by atoms with van der Waals surface area (Å²) < 4.78 is 27.2. The van der Waals surface area contributed by atoms with Crippen LogP contribution >= 0.6 is 12.4 Å². The zero-order valence-corrected chi connectivity index (χ0v) is 11.5. The Bertz CT molecular complexity index is 455. The maximum Gasteiger partial charge on any atom is 0.273 e. The van der Waals surface area contributed by atoms with Gasteiger partial charge in [0.2, 0.25) is 12.4 Å². The van der Waals surface area contributed by atoms with Crippen molar-refractivity contribution in [2.45, 2.75) is 19.4 Å². The zero-order chi connectivity index (χ0) is 14.5. The molecule has 106 valence electrons. The fourth-order valence-corrected chi connectivity index (χ4v) is 1.47. The molecule has 19 heavy (non-hydrogen) atoms. The molecule has 0 atom stereocenters. The second-order valence-electron chi connectivity index (χ2n) is 4.29. The SMILES string of the molecule is COc1cc([N+](=O)[O-])ccc1OCC(C)(C)OSF. The predicted octanol–water partition coefficient (Wildman–Crippen LogP) is 3.31. The predicted molar refractivity (Wildman–Crippen MR) is 69.0 cm³/mol. The smallest absolute Gasteiger partial charge is 0.273 e. The lowest BCUT2D eigenvalue weighted by Gasteiger charge is -2.22. The van der Waals surface area contributed by atoms with E-state index in [1.807, 2.05) is 0 Å². The Morgan fingerprint density at radius 1 is 1.42 bits per heavy atom. The number of ether oxygens (including phenoxy) is 2. The number of nitrogens with zero attached hydrogens (tertiary/aromatic N) is 1. The van der Waals surface area contributed by atoms with E-state index in [2.05, 4.69) is 0 Å². The molecule has 0 aliphatic heterocycles. The summed E-state index contributed by atoms with van der Waals surface area (Å²) in [5.41, 5.74) is -0.939. The Balaban J connectivity index is 2.81. The first-order valence-corrected chi connectivity index (χ1v) is 5.95. The van der Waals surface area contributed by atoms with Gasteiger partial charge in [0, 0.05) is 6.07 Å². The van der Waals surface area contributed by atoms with Gasteiger partial charge in [0.15, 0.2) is 11.5 Å². The van der Waals surface area contributed by atoms with Gasteiger partial charge in [0.25, 0.3) is 5.69 Å². The molecule has 0 heterocycles. The fourth-order valence-electron chi connectivity index (χ4n) is 1.25. The van der Waals surface area contributed by atoms with E-state index in [0.29, 0.717) is 5.75 Å². The van der Waals surface area contributed by atoms with Crippen LogP contribution in [0.5, 0.6) is 11.5 Å². The lowest BCUT2D eigenvalue weighted by molar-refractivity contribution is -0.384. The lowest BCUT2D eigenvalue weighted by atomic mass is 10.2. The highest BCUT2D eigenvalue weighted by Gasteiger charge is 2.22. The third-order valence-electron chi connectivity index (χ3n) is 2.19.